The van der Waals surface area contributed by atoms with Crippen molar-refractivity contribution >= 4 is 11.9 Å². The van der Waals surface area contributed by atoms with Crippen molar-refractivity contribution in [3.63, 3.8) is 0 Å². The maximum absolute atomic E-state index is 13.4. The molecule has 1 atom stereocenters. The second-order valence-corrected chi connectivity index (χ2v) is 9.04. The van der Waals surface area contributed by atoms with Gasteiger partial charge in [-0.2, -0.15) is 9.78 Å². The normalized spacial score (nSPS) is 28.0. The number of nitrogens with zero attached hydrogens (tertiary/aromatic N) is 8. The van der Waals surface area contributed by atoms with Crippen molar-refractivity contribution in [2.75, 3.05) is 13.7 Å². The minimum absolute atomic E-state index is 0.0894. The molecule has 1 saturated carbocycles. The van der Waals surface area contributed by atoms with Gasteiger partial charge in [0.25, 0.3) is 0 Å². The Morgan fingerprint density at radius 1 is 1.22 bits per heavy atom. The fourth-order valence-corrected chi connectivity index (χ4v) is 5.34. The zero-order valence-electron chi connectivity index (χ0n) is 18.2. The fraction of sp³-hybridized carbons (Fsp3) is 0.571. The summed E-state index contributed by atoms with van der Waals surface area (Å²) in [6.07, 6.45) is 7.38. The van der Waals surface area contributed by atoms with Gasteiger partial charge in [0, 0.05) is 24.7 Å². The van der Waals surface area contributed by atoms with Gasteiger partial charge in [0.1, 0.15) is 12.9 Å². The van der Waals surface area contributed by atoms with Gasteiger partial charge in [-0.25, -0.2) is 4.79 Å². The Kier molecular flexibility index (Phi) is 5.20. The number of rotatable bonds is 5. The smallest absolute Gasteiger partial charge is 0.333 e. The minimum Gasteiger partial charge on any atom is -0.456 e. The van der Waals surface area contributed by atoms with Crippen LogP contribution in [0.1, 0.15) is 44.7 Å². The van der Waals surface area contributed by atoms with Crippen molar-refractivity contribution in [1.29, 1.82) is 0 Å². The molecule has 1 aliphatic carbocycles. The number of tetrazole rings is 1. The van der Waals surface area contributed by atoms with Crippen LogP contribution in [0.3, 0.4) is 0 Å². The topological polar surface area (TPSA) is 119 Å². The molecule has 2 aliphatic heterocycles. The molecule has 1 amide bonds. The number of hydrogen-bond donors (Lipinski definition) is 0. The lowest BCUT2D eigenvalue weighted by Gasteiger charge is -2.39. The lowest BCUT2D eigenvalue weighted by Crippen LogP contribution is -2.42. The molecule has 3 aliphatic rings. The van der Waals surface area contributed by atoms with Crippen molar-refractivity contribution in [3.05, 3.63) is 35.9 Å². The first-order valence-corrected chi connectivity index (χ1v) is 10.9. The molecule has 168 valence electrons. The summed E-state index contributed by atoms with van der Waals surface area (Å²) >= 11 is 0. The van der Waals surface area contributed by atoms with Gasteiger partial charge in [0.15, 0.2) is 5.82 Å². The van der Waals surface area contributed by atoms with Crippen LogP contribution in [0.2, 0.25) is 0 Å². The Bertz CT molecular complexity index is 1030. The summed E-state index contributed by atoms with van der Waals surface area (Å²) in [5.41, 5.74) is 1.25. The molecular weight excluding hydrogens is 412 g/mol. The monoisotopic (exact) mass is 438 g/mol. The van der Waals surface area contributed by atoms with Gasteiger partial charge < -0.3 is 9.64 Å². The predicted octanol–water partition coefficient (Wildman–Crippen LogP) is 0.875. The highest BCUT2D eigenvalue weighted by Crippen LogP contribution is 2.49. The highest BCUT2D eigenvalue weighted by atomic mass is 16.5. The summed E-state index contributed by atoms with van der Waals surface area (Å²) in [5.74, 6) is 0.365. The third-order valence-corrected chi connectivity index (χ3v) is 6.99. The molecule has 0 aromatic carbocycles. The lowest BCUT2D eigenvalue weighted by molar-refractivity contribution is -0.138. The van der Waals surface area contributed by atoms with Crippen LogP contribution in [0.15, 0.2) is 30.2 Å². The highest BCUT2D eigenvalue weighted by molar-refractivity contribution is 5.91. The summed E-state index contributed by atoms with van der Waals surface area (Å²) in [6, 6.07) is 4.26. The van der Waals surface area contributed by atoms with Crippen LogP contribution >= 0.6 is 0 Å². The van der Waals surface area contributed by atoms with Gasteiger partial charge in [-0.3, -0.25) is 9.69 Å². The van der Waals surface area contributed by atoms with E-state index in [0.29, 0.717) is 24.1 Å². The van der Waals surface area contributed by atoms with E-state index >= 15 is 0 Å². The number of amides is 1. The maximum atomic E-state index is 13.4. The Balaban J connectivity index is 1.19. The molecular formula is C21H26N8O3. The summed E-state index contributed by atoms with van der Waals surface area (Å²) in [7, 11) is 2.09. The summed E-state index contributed by atoms with van der Waals surface area (Å²) in [4.78, 5) is 28.9. The van der Waals surface area contributed by atoms with E-state index in [2.05, 4.69) is 44.6 Å². The third-order valence-electron chi connectivity index (χ3n) is 6.99. The van der Waals surface area contributed by atoms with Crippen molar-refractivity contribution in [1.82, 2.24) is 40.2 Å². The van der Waals surface area contributed by atoms with Crippen LogP contribution in [0.5, 0.6) is 0 Å². The van der Waals surface area contributed by atoms with Crippen LogP contribution in [-0.4, -0.2) is 77.8 Å². The zero-order valence-corrected chi connectivity index (χ0v) is 18.2. The zero-order chi connectivity index (χ0) is 22.3. The molecule has 2 aromatic rings. The minimum atomic E-state index is -0.361. The second kappa shape index (κ2) is 8.05. The number of carbonyl (C=O) groups excluding carboxylic acids is 2. The SMILES string of the molecule is C[C@@H]1C[C@]2(CC[C@@H](N(C)Cc3ccc(-n4cnnn4)nn3)CC2)C(=O)N1C1=CC(=O)OC1. The van der Waals surface area contributed by atoms with Crippen molar-refractivity contribution < 1.29 is 14.3 Å². The van der Waals surface area contributed by atoms with E-state index in [1.807, 2.05) is 12.1 Å². The summed E-state index contributed by atoms with van der Waals surface area (Å²) < 4.78 is 6.50. The van der Waals surface area contributed by atoms with Crippen molar-refractivity contribution in [3.8, 4) is 5.82 Å². The summed E-state index contributed by atoms with van der Waals surface area (Å²) in [6.45, 7) is 2.94. The molecule has 0 radical (unpaired) electrons. The number of carbonyl (C=O) groups is 2. The molecule has 0 N–H and O–H groups in total. The summed E-state index contributed by atoms with van der Waals surface area (Å²) in [5, 5.41) is 19.5. The Morgan fingerprint density at radius 3 is 2.66 bits per heavy atom. The molecule has 11 nitrogen and oxygen atoms in total. The number of hydrogen-bond acceptors (Lipinski definition) is 9. The van der Waals surface area contributed by atoms with Gasteiger partial charge in [0.05, 0.1) is 16.8 Å². The number of esters is 1. The standard InChI is InChI=1S/C21H26N8O3/c1-14-10-21(20(31)29(14)17-9-19(30)32-12-17)7-5-16(6-8-21)27(2)11-15-3-4-18(24-23-15)28-13-22-25-26-28/h3-4,9,13-14,16H,5-8,10-12H2,1-2H3/t14-,16-,21-/m1/s1. The van der Waals surface area contributed by atoms with Gasteiger partial charge >= 0.3 is 5.97 Å². The Labute approximate surface area is 185 Å². The van der Waals surface area contributed by atoms with E-state index in [1.165, 1.54) is 17.1 Å². The first kappa shape index (κ1) is 20.7. The number of likely N-dealkylation sites (tertiary alicyclic amines) is 1. The van der Waals surface area contributed by atoms with Crippen molar-refractivity contribution in [2.24, 2.45) is 5.41 Å². The molecule has 5 rings (SSSR count). The van der Waals surface area contributed by atoms with Gasteiger partial charge in [-0.15, -0.1) is 10.2 Å². The predicted molar refractivity (Wildman–Crippen MR) is 111 cm³/mol. The van der Waals surface area contributed by atoms with Gasteiger partial charge in [-0.1, -0.05) is 0 Å². The van der Waals surface area contributed by atoms with Gasteiger partial charge in [0.2, 0.25) is 5.91 Å². The van der Waals surface area contributed by atoms with E-state index in [1.54, 1.807) is 4.90 Å². The van der Waals surface area contributed by atoms with Crippen LogP contribution in [0.4, 0.5) is 0 Å². The average molecular weight is 438 g/mol. The lowest BCUT2D eigenvalue weighted by atomic mass is 9.70. The van der Waals surface area contributed by atoms with Crippen LogP contribution in [0, 0.1) is 5.41 Å². The van der Waals surface area contributed by atoms with Crippen LogP contribution < -0.4 is 0 Å². The fourth-order valence-electron chi connectivity index (χ4n) is 5.34. The van der Waals surface area contributed by atoms with E-state index in [4.69, 9.17) is 4.74 Å². The number of aromatic nitrogens is 6. The Hall–Kier alpha value is -3.21. The number of ether oxygens (including phenoxy) is 1. The van der Waals surface area contributed by atoms with E-state index < -0.39 is 0 Å². The quantitative estimate of drug-likeness (QED) is 0.626. The molecule has 0 unspecified atom stereocenters. The number of cyclic esters (lactones) is 1. The van der Waals surface area contributed by atoms with E-state index in [0.717, 1.165) is 37.8 Å². The molecule has 2 fully saturated rings. The first-order chi connectivity index (χ1) is 15.4. The van der Waals surface area contributed by atoms with Crippen molar-refractivity contribution in [2.45, 2.75) is 57.7 Å². The largest absolute Gasteiger partial charge is 0.456 e. The Morgan fingerprint density at radius 2 is 2.03 bits per heavy atom. The maximum Gasteiger partial charge on any atom is 0.333 e. The molecule has 4 heterocycles. The van der Waals surface area contributed by atoms with Crippen LogP contribution in [-0.2, 0) is 20.9 Å². The molecule has 1 saturated heterocycles. The second-order valence-electron chi connectivity index (χ2n) is 9.04. The molecule has 11 heteroatoms. The van der Waals surface area contributed by atoms with Gasteiger partial charge in [-0.05, 0) is 68.6 Å². The molecule has 1 spiro atoms. The third kappa shape index (κ3) is 3.66. The molecule has 0 bridgehead atoms. The van der Waals surface area contributed by atoms with Crippen LogP contribution in [0.25, 0.3) is 5.82 Å². The van der Waals surface area contributed by atoms with E-state index in [-0.39, 0.29) is 29.9 Å². The highest BCUT2D eigenvalue weighted by Gasteiger charge is 2.53. The molecule has 2 aromatic heterocycles. The molecule has 32 heavy (non-hydrogen) atoms. The first-order valence-electron chi connectivity index (χ1n) is 10.9. The van der Waals surface area contributed by atoms with E-state index in [9.17, 15) is 9.59 Å². The average Bonchev–Trinajstić information content (AvgIpc) is 3.51.